The Morgan fingerprint density at radius 1 is 0.812 bits per heavy atom. The summed E-state index contributed by atoms with van der Waals surface area (Å²) < 4.78 is 6.54. The molecule has 0 unspecified atom stereocenters. The Morgan fingerprint density at radius 3 is 2.03 bits per heavy atom. The lowest BCUT2D eigenvalue weighted by Gasteiger charge is -2.43. The van der Waals surface area contributed by atoms with Gasteiger partial charge in [-0.25, -0.2) is 0 Å². The van der Waals surface area contributed by atoms with Crippen LogP contribution in [0.1, 0.15) is 60.8 Å². The molecule has 3 aromatic rings. The molecule has 2 fully saturated rings. The third-order valence-electron chi connectivity index (χ3n) is 7.83. The Bertz CT molecular complexity index is 918. The van der Waals surface area contributed by atoms with Crippen LogP contribution in [0.5, 0.6) is 0 Å². The number of piperidine rings is 1. The van der Waals surface area contributed by atoms with Crippen molar-refractivity contribution in [3.8, 4) is 0 Å². The summed E-state index contributed by atoms with van der Waals surface area (Å²) in [5.74, 6) is 1.40. The number of nitrogens with zero attached hydrogens (tertiary/aromatic N) is 1. The molecule has 0 N–H and O–H groups in total. The average Bonchev–Trinajstić information content (AvgIpc) is 3.10. The molecule has 0 spiro atoms. The van der Waals surface area contributed by atoms with E-state index in [1.54, 1.807) is 0 Å². The Kier molecular flexibility index (Phi) is 6.71. The zero-order valence-electron chi connectivity index (χ0n) is 19.1. The molecule has 32 heavy (non-hydrogen) atoms. The van der Waals surface area contributed by atoms with E-state index >= 15 is 0 Å². The topological polar surface area (TPSA) is 12.5 Å². The predicted molar refractivity (Wildman–Crippen MR) is 132 cm³/mol. The third-order valence-corrected chi connectivity index (χ3v) is 7.83. The Labute approximate surface area is 193 Å². The quantitative estimate of drug-likeness (QED) is 0.366. The normalized spacial score (nSPS) is 25.3. The van der Waals surface area contributed by atoms with Gasteiger partial charge in [0.2, 0.25) is 0 Å². The molecule has 3 aromatic carbocycles. The maximum Gasteiger partial charge on any atom is 0.108 e. The van der Waals surface area contributed by atoms with Crippen LogP contribution in [0.2, 0.25) is 0 Å². The summed E-state index contributed by atoms with van der Waals surface area (Å²) in [5.41, 5.74) is 4.00. The highest BCUT2D eigenvalue weighted by Crippen LogP contribution is 2.47. The van der Waals surface area contributed by atoms with E-state index in [9.17, 15) is 0 Å². The third kappa shape index (κ3) is 4.53. The fraction of sp³-hybridized carbons (Fsp3) is 0.400. The lowest BCUT2D eigenvalue weighted by Crippen LogP contribution is -2.45. The van der Waals surface area contributed by atoms with Crippen LogP contribution in [0.4, 0.5) is 0 Å². The maximum absolute atomic E-state index is 6.54. The monoisotopic (exact) mass is 425 g/mol. The van der Waals surface area contributed by atoms with Gasteiger partial charge in [0.25, 0.3) is 0 Å². The molecule has 0 aromatic heterocycles. The molecule has 0 aliphatic carbocycles. The average molecular weight is 426 g/mol. The minimum absolute atomic E-state index is 0.00668. The molecule has 0 amide bonds. The van der Waals surface area contributed by atoms with Crippen molar-refractivity contribution in [1.82, 2.24) is 4.90 Å². The summed E-state index contributed by atoms with van der Waals surface area (Å²) in [5, 5.41) is 0. The first-order valence-electron chi connectivity index (χ1n) is 12.3. The number of rotatable bonds is 8. The van der Waals surface area contributed by atoms with Gasteiger partial charge >= 0.3 is 0 Å². The molecule has 0 radical (unpaired) electrons. The number of ether oxygens (including phenoxy) is 1. The van der Waals surface area contributed by atoms with E-state index in [0.29, 0.717) is 5.92 Å². The first kappa shape index (κ1) is 21.4. The van der Waals surface area contributed by atoms with Crippen LogP contribution in [-0.4, -0.2) is 30.6 Å². The molecule has 2 bridgehead atoms. The SMILES string of the molecule is CN1[C@H]2CC[C@@H]1[C@@H](CCCOC(c1ccccc1)c1ccccc1)[C@@H](c1ccccc1)C2. The van der Waals surface area contributed by atoms with E-state index in [1.807, 2.05) is 0 Å². The molecule has 5 rings (SSSR count). The van der Waals surface area contributed by atoms with Gasteiger partial charge in [0.1, 0.15) is 6.10 Å². The first-order valence-corrected chi connectivity index (χ1v) is 12.3. The lowest BCUT2D eigenvalue weighted by molar-refractivity contribution is 0.0576. The van der Waals surface area contributed by atoms with Crippen molar-refractivity contribution < 1.29 is 4.74 Å². The lowest BCUT2D eigenvalue weighted by atomic mass is 9.74. The second-order valence-electron chi connectivity index (χ2n) is 9.60. The highest BCUT2D eigenvalue weighted by Gasteiger charge is 2.45. The van der Waals surface area contributed by atoms with Gasteiger partial charge in [-0.15, -0.1) is 0 Å². The zero-order chi connectivity index (χ0) is 21.8. The second-order valence-corrected chi connectivity index (χ2v) is 9.60. The summed E-state index contributed by atoms with van der Waals surface area (Å²) in [4.78, 5) is 2.68. The molecule has 2 aliphatic rings. The summed E-state index contributed by atoms with van der Waals surface area (Å²) in [6.07, 6.45) is 6.37. The summed E-state index contributed by atoms with van der Waals surface area (Å²) in [7, 11) is 2.36. The fourth-order valence-corrected chi connectivity index (χ4v) is 6.22. The molecule has 2 aliphatic heterocycles. The predicted octanol–water partition coefficient (Wildman–Crippen LogP) is 6.84. The highest BCUT2D eigenvalue weighted by atomic mass is 16.5. The van der Waals surface area contributed by atoms with Crippen molar-refractivity contribution in [3.05, 3.63) is 108 Å². The number of hydrogen-bond acceptors (Lipinski definition) is 2. The second kappa shape index (κ2) is 10.0. The van der Waals surface area contributed by atoms with E-state index in [1.165, 1.54) is 42.4 Å². The van der Waals surface area contributed by atoms with Crippen molar-refractivity contribution in [2.75, 3.05) is 13.7 Å². The molecule has 166 valence electrons. The van der Waals surface area contributed by atoms with Gasteiger partial charge in [-0.3, -0.25) is 0 Å². The van der Waals surface area contributed by atoms with Gasteiger partial charge in [-0.2, -0.15) is 0 Å². The van der Waals surface area contributed by atoms with E-state index in [2.05, 4.69) is 103 Å². The minimum atomic E-state index is 0.00668. The van der Waals surface area contributed by atoms with Crippen LogP contribution >= 0.6 is 0 Å². The van der Waals surface area contributed by atoms with Crippen molar-refractivity contribution in [3.63, 3.8) is 0 Å². The number of fused-ring (bicyclic) bond motifs is 2. The maximum atomic E-state index is 6.54. The van der Waals surface area contributed by atoms with Gasteiger partial charge in [-0.1, -0.05) is 91.0 Å². The Hall–Kier alpha value is -2.42. The largest absolute Gasteiger partial charge is 0.369 e. The smallest absolute Gasteiger partial charge is 0.108 e. The van der Waals surface area contributed by atoms with Gasteiger partial charge in [-0.05, 0) is 67.7 Å². The molecule has 2 heteroatoms. The minimum Gasteiger partial charge on any atom is -0.369 e. The van der Waals surface area contributed by atoms with E-state index < -0.39 is 0 Å². The molecular formula is C30H35NO. The molecule has 2 heterocycles. The molecule has 4 atom stereocenters. The standard InChI is InChI=1S/C30H35NO/c1-31-26-19-20-29(31)27(28(22-26)23-12-5-2-6-13-23)18-11-21-32-30(24-14-7-3-8-15-24)25-16-9-4-10-17-25/h2-10,12-17,26-30H,11,18-22H2,1H3/t26-,27-,28+,29+/m0/s1. The van der Waals surface area contributed by atoms with E-state index in [4.69, 9.17) is 4.74 Å². The van der Waals surface area contributed by atoms with Crippen LogP contribution in [0.3, 0.4) is 0 Å². The molecule has 2 saturated heterocycles. The number of benzene rings is 3. The van der Waals surface area contributed by atoms with Gasteiger partial charge in [0, 0.05) is 18.7 Å². The zero-order valence-corrected chi connectivity index (χ0v) is 19.1. The molecular weight excluding hydrogens is 390 g/mol. The number of hydrogen-bond donors (Lipinski definition) is 0. The van der Waals surface area contributed by atoms with E-state index in [0.717, 1.165) is 31.0 Å². The molecule has 0 saturated carbocycles. The van der Waals surface area contributed by atoms with Crippen molar-refractivity contribution in [1.29, 1.82) is 0 Å². The van der Waals surface area contributed by atoms with Gasteiger partial charge in [0.15, 0.2) is 0 Å². The van der Waals surface area contributed by atoms with Crippen molar-refractivity contribution in [2.24, 2.45) is 5.92 Å². The van der Waals surface area contributed by atoms with Crippen molar-refractivity contribution in [2.45, 2.75) is 56.2 Å². The molecule has 2 nitrogen and oxygen atoms in total. The summed E-state index contributed by atoms with van der Waals surface area (Å²) in [6.45, 7) is 0.798. The van der Waals surface area contributed by atoms with Crippen LogP contribution in [-0.2, 0) is 4.74 Å². The Balaban J connectivity index is 1.26. The van der Waals surface area contributed by atoms with Crippen LogP contribution in [0.15, 0.2) is 91.0 Å². The van der Waals surface area contributed by atoms with Crippen LogP contribution in [0.25, 0.3) is 0 Å². The summed E-state index contributed by atoms with van der Waals surface area (Å²) in [6, 6.07) is 34.0. The van der Waals surface area contributed by atoms with Crippen LogP contribution < -0.4 is 0 Å². The van der Waals surface area contributed by atoms with Gasteiger partial charge < -0.3 is 9.64 Å². The Morgan fingerprint density at radius 2 is 1.41 bits per heavy atom. The fourth-order valence-electron chi connectivity index (χ4n) is 6.22. The van der Waals surface area contributed by atoms with E-state index in [-0.39, 0.29) is 6.10 Å². The van der Waals surface area contributed by atoms with Crippen molar-refractivity contribution >= 4 is 0 Å². The summed E-state index contributed by atoms with van der Waals surface area (Å²) >= 11 is 0. The first-order chi connectivity index (χ1) is 15.8. The highest BCUT2D eigenvalue weighted by molar-refractivity contribution is 5.30. The van der Waals surface area contributed by atoms with Gasteiger partial charge in [0.05, 0.1) is 0 Å². The van der Waals surface area contributed by atoms with Crippen LogP contribution in [0, 0.1) is 5.92 Å².